The van der Waals surface area contributed by atoms with Gasteiger partial charge in [-0.15, -0.1) is 0 Å². The molecule has 0 spiro atoms. The number of nitrogens with zero attached hydrogens (tertiary/aromatic N) is 1. The number of hydrogen-bond acceptors (Lipinski definition) is 3. The molecule has 0 saturated carbocycles. The molecule has 3 N–H and O–H groups in total. The Morgan fingerprint density at radius 2 is 1.93 bits per heavy atom. The summed E-state index contributed by atoms with van der Waals surface area (Å²) in [6.45, 7) is 0.820. The number of piperidine rings is 1. The number of hydrazine groups is 1. The first-order valence-corrected chi connectivity index (χ1v) is 9.19. The third-order valence-electron chi connectivity index (χ3n) is 4.39. The van der Waals surface area contributed by atoms with Crippen LogP contribution in [0.15, 0.2) is 36.5 Å². The van der Waals surface area contributed by atoms with Crippen molar-refractivity contribution in [1.29, 1.82) is 0 Å². The maximum absolute atomic E-state index is 12.7. The van der Waals surface area contributed by atoms with Crippen LogP contribution in [0.5, 0.6) is 0 Å². The lowest BCUT2D eigenvalue weighted by Gasteiger charge is -2.32. The average molecular weight is 409 g/mol. The van der Waals surface area contributed by atoms with E-state index < -0.39 is 11.8 Å². The highest BCUT2D eigenvalue weighted by atomic mass is 35.5. The molecule has 1 atom stereocenters. The molecule has 1 aromatic heterocycles. The lowest BCUT2D eigenvalue weighted by Crippen LogP contribution is -2.50. The van der Waals surface area contributed by atoms with E-state index in [4.69, 9.17) is 23.2 Å². The number of aromatic nitrogens is 1. The molecular formula is C18H18Cl2N4O3. The van der Waals surface area contributed by atoms with Crippen molar-refractivity contribution in [1.82, 2.24) is 20.7 Å². The van der Waals surface area contributed by atoms with Gasteiger partial charge in [-0.2, -0.15) is 0 Å². The van der Waals surface area contributed by atoms with Gasteiger partial charge in [0.05, 0.1) is 16.0 Å². The summed E-state index contributed by atoms with van der Waals surface area (Å²) < 4.78 is 0. The molecule has 1 unspecified atom stereocenters. The molecule has 142 valence electrons. The number of hydrogen-bond donors (Lipinski definition) is 3. The topological polar surface area (TPSA) is 94.3 Å². The van der Waals surface area contributed by atoms with Crippen LogP contribution in [-0.4, -0.2) is 40.7 Å². The molecule has 3 amide bonds. The number of H-pyrrole nitrogens is 1. The molecular weight excluding hydrogens is 391 g/mol. The zero-order valence-electron chi connectivity index (χ0n) is 14.3. The van der Waals surface area contributed by atoms with Gasteiger partial charge in [0.1, 0.15) is 5.69 Å². The zero-order valence-corrected chi connectivity index (χ0v) is 15.8. The fraction of sp³-hybridized carbons (Fsp3) is 0.278. The monoisotopic (exact) mass is 408 g/mol. The molecule has 2 aromatic rings. The molecule has 3 rings (SSSR count). The largest absolute Gasteiger partial charge is 0.357 e. The Labute approximate surface area is 166 Å². The summed E-state index contributed by atoms with van der Waals surface area (Å²) in [6, 6.07) is 7.98. The number of halogens is 2. The summed E-state index contributed by atoms with van der Waals surface area (Å²) in [7, 11) is 0. The average Bonchev–Trinajstić information content (AvgIpc) is 3.22. The van der Waals surface area contributed by atoms with Crippen LogP contribution in [-0.2, 0) is 4.79 Å². The van der Waals surface area contributed by atoms with Crippen molar-refractivity contribution in [2.75, 3.05) is 13.1 Å². The number of amides is 3. The van der Waals surface area contributed by atoms with Crippen LogP contribution in [0, 0.1) is 5.92 Å². The number of aromatic amines is 1. The van der Waals surface area contributed by atoms with Crippen LogP contribution in [0.3, 0.4) is 0 Å². The Morgan fingerprint density at radius 3 is 2.63 bits per heavy atom. The summed E-state index contributed by atoms with van der Waals surface area (Å²) in [6.07, 6.45) is 2.94. The number of rotatable bonds is 3. The minimum absolute atomic E-state index is 0.207. The van der Waals surface area contributed by atoms with Gasteiger partial charge < -0.3 is 9.88 Å². The van der Waals surface area contributed by atoms with Gasteiger partial charge >= 0.3 is 0 Å². The Bertz CT molecular complexity index is 854. The van der Waals surface area contributed by atoms with E-state index in [-0.39, 0.29) is 18.4 Å². The number of likely N-dealkylation sites (tertiary alicyclic amines) is 1. The summed E-state index contributed by atoms with van der Waals surface area (Å²) in [5.74, 6) is -1.38. The molecule has 1 aliphatic heterocycles. The minimum atomic E-state index is -0.437. The van der Waals surface area contributed by atoms with E-state index in [1.165, 1.54) is 6.07 Å². The normalized spacial score (nSPS) is 16.7. The van der Waals surface area contributed by atoms with Crippen molar-refractivity contribution in [3.8, 4) is 0 Å². The van der Waals surface area contributed by atoms with Gasteiger partial charge in [-0.1, -0.05) is 23.2 Å². The highest BCUT2D eigenvalue weighted by Gasteiger charge is 2.29. The van der Waals surface area contributed by atoms with Crippen LogP contribution in [0.4, 0.5) is 0 Å². The van der Waals surface area contributed by atoms with E-state index in [1.54, 1.807) is 35.4 Å². The molecule has 0 aliphatic carbocycles. The second kappa shape index (κ2) is 8.45. The van der Waals surface area contributed by atoms with Crippen molar-refractivity contribution >= 4 is 40.9 Å². The SMILES string of the molecule is O=C(NNC(=O)C1CCCN(C(=O)c2ccc(Cl)c(Cl)c2)C1)c1ccc[nH]1. The third-order valence-corrected chi connectivity index (χ3v) is 5.13. The summed E-state index contributed by atoms with van der Waals surface area (Å²) >= 11 is 11.9. The van der Waals surface area contributed by atoms with Gasteiger partial charge in [-0.05, 0) is 43.2 Å². The van der Waals surface area contributed by atoms with Crippen LogP contribution in [0.2, 0.25) is 10.0 Å². The van der Waals surface area contributed by atoms with Gasteiger partial charge in [0.15, 0.2) is 0 Å². The highest BCUT2D eigenvalue weighted by Crippen LogP contribution is 2.25. The van der Waals surface area contributed by atoms with E-state index in [0.29, 0.717) is 40.7 Å². The van der Waals surface area contributed by atoms with E-state index in [2.05, 4.69) is 15.8 Å². The Hall–Kier alpha value is -2.51. The van der Waals surface area contributed by atoms with Gasteiger partial charge in [0, 0.05) is 24.8 Å². The first-order chi connectivity index (χ1) is 13.0. The lowest BCUT2D eigenvalue weighted by molar-refractivity contribution is -0.127. The maximum Gasteiger partial charge on any atom is 0.286 e. The van der Waals surface area contributed by atoms with E-state index in [1.807, 2.05) is 0 Å². The molecule has 0 bridgehead atoms. The predicted molar refractivity (Wildman–Crippen MR) is 101 cm³/mol. The molecule has 27 heavy (non-hydrogen) atoms. The molecule has 7 nitrogen and oxygen atoms in total. The molecule has 2 heterocycles. The quantitative estimate of drug-likeness (QED) is 0.681. The van der Waals surface area contributed by atoms with Crippen molar-refractivity contribution in [2.45, 2.75) is 12.8 Å². The zero-order chi connectivity index (χ0) is 19.4. The van der Waals surface area contributed by atoms with Crippen molar-refractivity contribution < 1.29 is 14.4 Å². The van der Waals surface area contributed by atoms with Crippen LogP contribution in [0.1, 0.15) is 33.7 Å². The number of carbonyl (C=O) groups excluding carboxylic acids is 3. The minimum Gasteiger partial charge on any atom is -0.357 e. The van der Waals surface area contributed by atoms with Crippen molar-refractivity contribution in [3.05, 3.63) is 57.8 Å². The van der Waals surface area contributed by atoms with Crippen molar-refractivity contribution in [2.24, 2.45) is 5.92 Å². The number of benzene rings is 1. The number of nitrogens with one attached hydrogen (secondary N) is 3. The van der Waals surface area contributed by atoms with E-state index >= 15 is 0 Å². The second-order valence-electron chi connectivity index (χ2n) is 6.25. The smallest absolute Gasteiger partial charge is 0.286 e. The van der Waals surface area contributed by atoms with Gasteiger partial charge in [-0.3, -0.25) is 25.2 Å². The highest BCUT2D eigenvalue weighted by molar-refractivity contribution is 6.42. The molecule has 1 fully saturated rings. The van der Waals surface area contributed by atoms with Gasteiger partial charge in [0.2, 0.25) is 5.91 Å². The van der Waals surface area contributed by atoms with Gasteiger partial charge in [-0.25, -0.2) is 0 Å². The Balaban J connectivity index is 1.58. The Morgan fingerprint density at radius 1 is 1.11 bits per heavy atom. The van der Waals surface area contributed by atoms with Crippen LogP contribution in [0.25, 0.3) is 0 Å². The molecule has 1 aliphatic rings. The lowest BCUT2D eigenvalue weighted by atomic mass is 9.96. The predicted octanol–water partition coefficient (Wildman–Crippen LogP) is 2.63. The summed E-state index contributed by atoms with van der Waals surface area (Å²) in [4.78, 5) is 41.3. The molecule has 1 aromatic carbocycles. The summed E-state index contributed by atoms with van der Waals surface area (Å²) in [5, 5.41) is 0.683. The molecule has 0 radical (unpaired) electrons. The van der Waals surface area contributed by atoms with Crippen LogP contribution < -0.4 is 10.9 Å². The second-order valence-corrected chi connectivity index (χ2v) is 7.06. The summed E-state index contributed by atoms with van der Waals surface area (Å²) in [5.41, 5.74) is 5.55. The number of carbonyl (C=O) groups is 3. The molecule has 1 saturated heterocycles. The fourth-order valence-corrected chi connectivity index (χ4v) is 3.24. The third kappa shape index (κ3) is 4.61. The first-order valence-electron chi connectivity index (χ1n) is 8.43. The van der Waals surface area contributed by atoms with Crippen molar-refractivity contribution in [3.63, 3.8) is 0 Å². The van der Waals surface area contributed by atoms with E-state index in [0.717, 1.165) is 0 Å². The van der Waals surface area contributed by atoms with E-state index in [9.17, 15) is 14.4 Å². The molecule has 9 heteroatoms. The maximum atomic E-state index is 12.7. The fourth-order valence-electron chi connectivity index (χ4n) is 2.95. The van der Waals surface area contributed by atoms with Crippen LogP contribution >= 0.6 is 23.2 Å². The van der Waals surface area contributed by atoms with Gasteiger partial charge in [0.25, 0.3) is 11.8 Å². The first kappa shape index (κ1) is 19.3. The Kier molecular flexibility index (Phi) is 6.03. The standard InChI is InChI=1S/C18H18Cl2N4O3/c19-13-6-5-11(9-14(13)20)18(27)24-8-2-3-12(10-24)16(25)22-23-17(26)15-4-1-7-21-15/h1,4-7,9,12,21H,2-3,8,10H2,(H,22,25)(H,23,26).